The number of primary amides is 1. The van der Waals surface area contributed by atoms with Crippen molar-refractivity contribution >= 4 is 5.91 Å². The fourth-order valence-corrected chi connectivity index (χ4v) is 6.84. The number of hydrogen-bond acceptors (Lipinski definition) is 6. The van der Waals surface area contributed by atoms with Crippen molar-refractivity contribution in [2.45, 2.75) is 76.7 Å². The Balaban J connectivity index is 0.000000156. The third-order valence-corrected chi connectivity index (χ3v) is 8.60. The van der Waals surface area contributed by atoms with E-state index in [1.54, 1.807) is 6.07 Å². The van der Waals surface area contributed by atoms with Crippen molar-refractivity contribution in [2.75, 3.05) is 39.4 Å². The van der Waals surface area contributed by atoms with Crippen LogP contribution in [0.2, 0.25) is 0 Å². The summed E-state index contributed by atoms with van der Waals surface area (Å²) in [5, 5.41) is 9.68. The van der Waals surface area contributed by atoms with E-state index in [-0.39, 0.29) is 18.1 Å². The molecule has 7 nitrogen and oxygen atoms in total. The van der Waals surface area contributed by atoms with Gasteiger partial charge in [-0.25, -0.2) is 0 Å². The monoisotopic (exact) mass is 521 g/mol. The lowest BCUT2D eigenvalue weighted by Gasteiger charge is -2.44. The smallest absolute Gasteiger partial charge is 0.248 e. The normalized spacial score (nSPS) is 26.7. The van der Waals surface area contributed by atoms with E-state index in [4.69, 9.17) is 15.2 Å². The molecule has 38 heavy (non-hydrogen) atoms. The van der Waals surface area contributed by atoms with Gasteiger partial charge in [-0.15, -0.1) is 0 Å². The van der Waals surface area contributed by atoms with Crippen molar-refractivity contribution in [2.24, 2.45) is 5.73 Å². The van der Waals surface area contributed by atoms with E-state index in [0.717, 1.165) is 65.1 Å². The molecule has 6 rings (SSSR count). The number of rotatable bonds is 5. The maximum Gasteiger partial charge on any atom is 0.248 e. The lowest BCUT2D eigenvalue weighted by Crippen LogP contribution is -2.49. The van der Waals surface area contributed by atoms with Crippen LogP contribution in [-0.2, 0) is 22.3 Å². The molecule has 2 fully saturated rings. The maximum absolute atomic E-state index is 11.4. The second-order valence-electron chi connectivity index (χ2n) is 11.0. The molecule has 2 heterocycles. The molecule has 206 valence electrons. The van der Waals surface area contributed by atoms with Crippen LogP contribution in [0, 0.1) is 0 Å². The quantitative estimate of drug-likeness (QED) is 0.607. The number of phenols is 1. The van der Waals surface area contributed by atoms with E-state index < -0.39 is 0 Å². The van der Waals surface area contributed by atoms with Gasteiger partial charge in [-0.1, -0.05) is 26.0 Å². The number of carbonyl (C=O) groups is 1. The topological polar surface area (TPSA) is 88.3 Å². The molecule has 0 spiro atoms. The fraction of sp³-hybridized carbons (Fsp3) is 0.581. The van der Waals surface area contributed by atoms with Gasteiger partial charge in [0.2, 0.25) is 5.91 Å². The molecule has 0 radical (unpaired) electrons. The summed E-state index contributed by atoms with van der Waals surface area (Å²) in [6, 6.07) is 12.5. The molecule has 2 aromatic carbocycles. The highest BCUT2D eigenvalue weighted by Gasteiger charge is 2.38. The molecular weight excluding hydrogens is 478 g/mol. The summed E-state index contributed by atoms with van der Waals surface area (Å²) in [6.45, 7) is 10.3. The first-order valence-corrected chi connectivity index (χ1v) is 14.5. The van der Waals surface area contributed by atoms with Crippen molar-refractivity contribution in [1.82, 2.24) is 9.80 Å². The molecule has 4 aliphatic rings. The number of nitrogens with two attached hydrogens (primary N) is 1. The number of fused-ring (bicyclic) bond motifs is 6. The number of carbonyl (C=O) groups excluding carboxylic acids is 1. The molecule has 0 saturated carbocycles. The summed E-state index contributed by atoms with van der Waals surface area (Å²) in [5.41, 5.74) is 11.0. The Labute approximate surface area is 226 Å². The molecular formula is C31H43N3O4. The van der Waals surface area contributed by atoms with Crippen LogP contribution < -0.4 is 5.73 Å². The van der Waals surface area contributed by atoms with Crippen LogP contribution in [0.15, 0.2) is 36.4 Å². The van der Waals surface area contributed by atoms with Crippen LogP contribution in [0.3, 0.4) is 0 Å². The van der Waals surface area contributed by atoms with Gasteiger partial charge < -0.3 is 20.3 Å². The zero-order valence-corrected chi connectivity index (χ0v) is 22.9. The van der Waals surface area contributed by atoms with Crippen LogP contribution in [0.5, 0.6) is 5.75 Å². The van der Waals surface area contributed by atoms with E-state index >= 15 is 0 Å². The number of phenolic OH excluding ortho intramolecular Hbond substituents is 1. The first kappa shape index (κ1) is 27.1. The Morgan fingerprint density at radius 2 is 1.39 bits per heavy atom. The van der Waals surface area contributed by atoms with Crippen LogP contribution in [0.1, 0.15) is 84.4 Å². The third-order valence-electron chi connectivity index (χ3n) is 8.60. The summed E-state index contributed by atoms with van der Waals surface area (Å²) < 4.78 is 12.0. The number of ether oxygens (including phenoxy) is 2. The van der Waals surface area contributed by atoms with Gasteiger partial charge in [-0.2, -0.15) is 0 Å². The average Bonchev–Trinajstić information content (AvgIpc) is 2.93. The van der Waals surface area contributed by atoms with Crippen LogP contribution in [0.25, 0.3) is 0 Å². The molecule has 3 N–H and O–H groups in total. The van der Waals surface area contributed by atoms with Crippen LogP contribution in [-0.4, -0.2) is 72.3 Å². The molecule has 2 saturated heterocycles. The number of hydrogen-bond donors (Lipinski definition) is 2. The highest BCUT2D eigenvalue weighted by Crippen LogP contribution is 2.40. The minimum atomic E-state index is -0.365. The van der Waals surface area contributed by atoms with Gasteiger partial charge >= 0.3 is 0 Å². The highest BCUT2D eigenvalue weighted by atomic mass is 16.5. The van der Waals surface area contributed by atoms with Gasteiger partial charge in [0.15, 0.2) is 0 Å². The summed E-state index contributed by atoms with van der Waals surface area (Å²) in [5.74, 6) is -0.0123. The number of amides is 1. The summed E-state index contributed by atoms with van der Waals surface area (Å²) >= 11 is 0. The molecule has 2 aliphatic heterocycles. The average molecular weight is 522 g/mol. The second-order valence-corrected chi connectivity index (χ2v) is 11.0. The number of aromatic hydroxyl groups is 1. The standard InChI is InChI=1S/C16H22N2O2.C15H21NO2/c1-2-7-18-8-9-20-15-13-10-12(16(17)19)4-3-11(13)5-6-14(15)18;1-2-7-16-8-9-18-15-13-10-12(17)5-3-11(13)4-6-14(15)16/h3-4,10,14-15H,2,5-9H2,1H3,(H2,17,19);3,5,10,14-15,17H,2,4,6-9H2,1H3/t;14-,15-/m.1/s1. The summed E-state index contributed by atoms with van der Waals surface area (Å²) in [4.78, 5) is 16.5. The maximum atomic E-state index is 11.4. The molecule has 4 atom stereocenters. The van der Waals surface area contributed by atoms with Crippen LogP contribution >= 0.6 is 0 Å². The van der Waals surface area contributed by atoms with Crippen molar-refractivity contribution in [3.8, 4) is 5.75 Å². The molecule has 2 aromatic rings. The van der Waals surface area contributed by atoms with Gasteiger partial charge in [0.1, 0.15) is 5.75 Å². The summed E-state index contributed by atoms with van der Waals surface area (Å²) in [6.07, 6.45) is 7.06. The number of morpholine rings is 2. The van der Waals surface area contributed by atoms with E-state index in [2.05, 4.69) is 23.6 Å². The van der Waals surface area contributed by atoms with Crippen molar-refractivity contribution in [3.63, 3.8) is 0 Å². The Morgan fingerprint density at radius 3 is 1.92 bits per heavy atom. The lowest BCUT2D eigenvalue weighted by molar-refractivity contribution is -0.0802. The SMILES string of the molecule is CCCN1CCOC2c3cc(C(N)=O)ccc3CCC21.CCCN1CCO[C@@H]2c3cc(O)ccc3CC[C@H]21. The third kappa shape index (κ3) is 5.62. The fourth-order valence-electron chi connectivity index (χ4n) is 6.84. The van der Waals surface area contributed by atoms with Gasteiger partial charge in [0.25, 0.3) is 0 Å². The first-order valence-electron chi connectivity index (χ1n) is 14.5. The molecule has 1 amide bonds. The Kier molecular flexibility index (Phi) is 8.68. The van der Waals surface area contributed by atoms with Crippen LogP contribution in [0.4, 0.5) is 0 Å². The Morgan fingerprint density at radius 1 is 0.868 bits per heavy atom. The summed E-state index contributed by atoms with van der Waals surface area (Å²) in [7, 11) is 0. The van der Waals surface area contributed by atoms with Crippen molar-refractivity contribution in [3.05, 3.63) is 64.2 Å². The number of nitrogens with zero attached hydrogens (tertiary/aromatic N) is 2. The zero-order chi connectivity index (χ0) is 26.6. The molecule has 2 aliphatic carbocycles. The lowest BCUT2D eigenvalue weighted by atomic mass is 9.83. The van der Waals surface area contributed by atoms with E-state index in [1.165, 1.54) is 35.1 Å². The van der Waals surface area contributed by atoms with Gasteiger partial charge in [-0.05, 0) is 98.1 Å². The van der Waals surface area contributed by atoms with Gasteiger partial charge in [0, 0.05) is 30.7 Å². The Hall–Kier alpha value is -2.45. The number of benzene rings is 2. The molecule has 7 heteroatoms. The van der Waals surface area contributed by atoms with E-state index in [1.807, 2.05) is 30.3 Å². The predicted molar refractivity (Wildman–Crippen MR) is 148 cm³/mol. The minimum Gasteiger partial charge on any atom is -0.508 e. The Bertz CT molecular complexity index is 1120. The molecule has 0 bridgehead atoms. The van der Waals surface area contributed by atoms with E-state index in [9.17, 15) is 9.90 Å². The molecule has 2 unspecified atom stereocenters. The van der Waals surface area contributed by atoms with Crippen molar-refractivity contribution < 1.29 is 19.4 Å². The number of aryl methyl sites for hydroxylation is 2. The van der Waals surface area contributed by atoms with E-state index in [0.29, 0.717) is 23.4 Å². The molecule has 0 aromatic heterocycles. The van der Waals surface area contributed by atoms with Crippen molar-refractivity contribution in [1.29, 1.82) is 0 Å². The first-order chi connectivity index (χ1) is 18.5. The highest BCUT2D eigenvalue weighted by molar-refractivity contribution is 5.93. The minimum absolute atomic E-state index is 0.0957. The zero-order valence-electron chi connectivity index (χ0n) is 22.9. The second kappa shape index (κ2) is 12.2. The largest absolute Gasteiger partial charge is 0.508 e. The van der Waals surface area contributed by atoms with Gasteiger partial charge in [-0.3, -0.25) is 14.6 Å². The predicted octanol–water partition coefficient (Wildman–Crippen LogP) is 4.37. The van der Waals surface area contributed by atoms with Gasteiger partial charge in [0.05, 0.1) is 25.4 Å².